The number of carbonyl (C=O) groups excluding carboxylic acids is 1. The number of aromatic hydroxyl groups is 3. The Morgan fingerprint density at radius 1 is 0.495 bits per heavy atom. The van der Waals surface area contributed by atoms with E-state index in [0.717, 1.165) is 54.9 Å². The number of aromatic nitrogens is 4. The molecule has 1 amide bonds. The summed E-state index contributed by atoms with van der Waals surface area (Å²) in [5.41, 5.74) is 18.7. The largest absolute Gasteiger partial charge is 0.505 e. The van der Waals surface area contributed by atoms with Crippen molar-refractivity contribution in [2.75, 3.05) is 10.7 Å². The van der Waals surface area contributed by atoms with Crippen LogP contribution in [0.4, 0.5) is 34.1 Å². The summed E-state index contributed by atoms with van der Waals surface area (Å²) >= 11 is 0. The van der Waals surface area contributed by atoms with E-state index in [4.69, 9.17) is 34.3 Å². The van der Waals surface area contributed by atoms with E-state index in [1.807, 2.05) is 37.3 Å². The standard InChI is InChI=1S/2C25H22N4O5.C14H16N2O.C11H9NO4.CH4.BrH/c2*1-13-6-7-15-8-9-16(12-18(13)15)29-24(31)22(14(2)28-29)27-26-19-5-3-4-17(23(19)30)20-10-11-21(34-20)25(32)33;1-9-3-4-11-5-6-12(8-13(9)11)16-14(17)7-10(2)15-16;12-7-3-1-2-6(10(7)13)8-4-5-9(16-8)11(14)15;;/h2*3-5,8-13,28,30H,6-7H2,1-2H3,(H,32,33);5-6,8-9H,3-4,7H2,1-2H3;1-5,13H,12H2,(H,14,15);1H4;1H. The van der Waals surface area contributed by atoms with Crippen LogP contribution in [-0.4, -0.2) is 79.7 Å². The average Bonchev–Trinajstić information content (AvgIpc) is 1.65. The number of carbonyl (C=O) groups is 4. The van der Waals surface area contributed by atoms with E-state index < -0.39 is 17.9 Å². The Balaban J connectivity index is 0.000000155. The highest BCUT2D eigenvalue weighted by molar-refractivity contribution is 8.93. The lowest BCUT2D eigenvalue weighted by atomic mass is 10.0. The SMILES string of the molecule is Br.C.CC1=NN(c2ccc3c(c2)C(C)CC3)C(=O)C1.Cc1[nH]n(-c2ccc3c(c2)C(C)CC3)c(=O)c1N=Nc1cccc(-c2ccc(C(=O)O)o2)c1O.Cc1[nH]n(-c2ccc3c(c2)C(C)CC3)c(=O)c1N=Nc1cccc(-c2ccc(C(=O)O)o2)c1O.Nc1cccc(-c2ccc(C(=O)O)o2)c1O. The molecule has 0 radical (unpaired) electrons. The predicted molar refractivity (Wildman–Crippen MR) is 392 cm³/mol. The summed E-state index contributed by atoms with van der Waals surface area (Å²) in [7, 11) is 0. The van der Waals surface area contributed by atoms with Gasteiger partial charge in [0.1, 0.15) is 34.4 Å². The molecule has 0 fully saturated rings. The van der Waals surface area contributed by atoms with E-state index in [0.29, 0.717) is 41.1 Å². The van der Waals surface area contributed by atoms with Gasteiger partial charge in [0.05, 0.1) is 57.2 Å². The molecule has 6 heterocycles. The van der Waals surface area contributed by atoms with Crippen molar-refractivity contribution in [1.82, 2.24) is 19.6 Å². The first kappa shape index (κ1) is 73.3. The second kappa shape index (κ2) is 30.6. The highest BCUT2D eigenvalue weighted by Gasteiger charge is 2.28. The molecule has 6 aromatic carbocycles. The summed E-state index contributed by atoms with van der Waals surface area (Å²) in [5.74, 6) is -2.63. The molecule has 15 rings (SSSR count). The average molecular weight is 1460 g/mol. The van der Waals surface area contributed by atoms with Crippen LogP contribution in [0.2, 0.25) is 0 Å². The topological polar surface area (TPSA) is 396 Å². The van der Waals surface area contributed by atoms with Crippen molar-refractivity contribution in [2.24, 2.45) is 25.6 Å². The molecule has 3 aliphatic carbocycles. The van der Waals surface area contributed by atoms with Gasteiger partial charge >= 0.3 is 17.9 Å². The number of aromatic carboxylic acids is 3. The minimum Gasteiger partial charge on any atom is -0.505 e. The summed E-state index contributed by atoms with van der Waals surface area (Å²) in [6, 6.07) is 40.9. The Hall–Kier alpha value is -12.4. The number of hydrogen-bond donors (Lipinski definition) is 9. The Kier molecular flexibility index (Phi) is 21.8. The third-order valence-corrected chi connectivity index (χ3v) is 18.1. The van der Waals surface area contributed by atoms with Gasteiger partial charge < -0.3 is 49.6 Å². The molecule has 3 unspecified atom stereocenters. The highest BCUT2D eigenvalue weighted by atomic mass is 79.9. The maximum Gasteiger partial charge on any atom is 0.371 e. The van der Waals surface area contributed by atoms with E-state index in [9.17, 15) is 44.1 Å². The maximum atomic E-state index is 13.1. The van der Waals surface area contributed by atoms with Crippen molar-refractivity contribution in [1.29, 1.82) is 0 Å². The Morgan fingerprint density at radius 3 is 1.21 bits per heavy atom. The number of aryl methyl sites for hydroxylation is 5. The summed E-state index contributed by atoms with van der Waals surface area (Å²) < 4.78 is 18.5. The Bertz CT molecular complexity index is 5090. The number of carboxylic acids is 3. The molecule has 4 aliphatic rings. The molecule has 11 aromatic rings. The van der Waals surface area contributed by atoms with Crippen molar-refractivity contribution in [2.45, 2.75) is 112 Å². The minimum atomic E-state index is -1.21. The maximum absolute atomic E-state index is 13.1. The molecular formula is C76H74BrN11O15. The number of nitrogens with zero attached hydrogens (tertiary/aromatic N) is 8. The number of furan rings is 3. The quantitative estimate of drug-likeness (QED) is 0.0294. The molecule has 1 aliphatic heterocycles. The third kappa shape index (κ3) is 15.2. The van der Waals surface area contributed by atoms with Gasteiger partial charge in [0.2, 0.25) is 17.3 Å². The Labute approximate surface area is 599 Å². The van der Waals surface area contributed by atoms with Gasteiger partial charge in [-0.05, 0) is 220 Å². The number of azo groups is 2. The zero-order valence-electron chi connectivity index (χ0n) is 56.0. The number of phenolic OH excluding ortho intramolecular Hbond substituents is 3. The number of nitrogens with two attached hydrogens (primary N) is 1. The fourth-order valence-electron chi connectivity index (χ4n) is 12.6. The molecule has 103 heavy (non-hydrogen) atoms. The summed E-state index contributed by atoms with van der Waals surface area (Å²) in [4.78, 5) is 70.7. The van der Waals surface area contributed by atoms with E-state index in [1.165, 1.54) is 97.7 Å². The van der Waals surface area contributed by atoms with Gasteiger partial charge in [-0.2, -0.15) is 5.10 Å². The number of carboxylic acid groups (broad SMARTS) is 3. The third-order valence-electron chi connectivity index (χ3n) is 18.1. The number of hydrazone groups is 1. The van der Waals surface area contributed by atoms with Crippen LogP contribution in [0, 0.1) is 13.8 Å². The van der Waals surface area contributed by atoms with E-state index >= 15 is 0 Å². The van der Waals surface area contributed by atoms with Crippen molar-refractivity contribution >= 4 is 80.6 Å². The number of para-hydroxylation sites is 3. The number of benzene rings is 6. The summed E-state index contributed by atoms with van der Waals surface area (Å²) in [6.45, 7) is 12.0. The first-order chi connectivity index (χ1) is 48.4. The van der Waals surface area contributed by atoms with Gasteiger partial charge in [0.25, 0.3) is 17.0 Å². The predicted octanol–water partition coefficient (Wildman–Crippen LogP) is 17.2. The van der Waals surface area contributed by atoms with Crippen LogP contribution in [0.5, 0.6) is 17.2 Å². The number of halogens is 1. The molecule has 5 aromatic heterocycles. The lowest BCUT2D eigenvalue weighted by molar-refractivity contribution is -0.116. The molecule has 0 spiro atoms. The van der Waals surface area contributed by atoms with E-state index in [-0.39, 0.29) is 133 Å². The van der Waals surface area contributed by atoms with Crippen LogP contribution in [0.15, 0.2) is 194 Å². The van der Waals surface area contributed by atoms with Gasteiger partial charge in [-0.25, -0.2) is 28.8 Å². The zero-order valence-corrected chi connectivity index (χ0v) is 57.7. The smallest absolute Gasteiger partial charge is 0.371 e. The molecule has 27 heteroatoms. The van der Waals surface area contributed by atoms with Crippen LogP contribution in [0.3, 0.4) is 0 Å². The fourth-order valence-corrected chi connectivity index (χ4v) is 12.6. The molecule has 10 N–H and O–H groups in total. The minimum absolute atomic E-state index is 0. The summed E-state index contributed by atoms with van der Waals surface area (Å²) in [6.07, 6.45) is 7.14. The number of hydrogen-bond acceptors (Lipinski definition) is 18. The molecule has 26 nitrogen and oxygen atoms in total. The first-order valence-corrected chi connectivity index (χ1v) is 32.4. The zero-order chi connectivity index (χ0) is 71.7. The van der Waals surface area contributed by atoms with Crippen LogP contribution in [0.1, 0.15) is 155 Å². The van der Waals surface area contributed by atoms with Gasteiger partial charge in [-0.3, -0.25) is 24.6 Å². The van der Waals surface area contributed by atoms with E-state index in [1.54, 1.807) is 61.3 Å². The lowest BCUT2D eigenvalue weighted by Crippen LogP contribution is -2.19. The number of fused-ring (bicyclic) bond motifs is 3. The number of H-pyrrole nitrogens is 2. The van der Waals surface area contributed by atoms with Crippen LogP contribution in [0.25, 0.3) is 45.3 Å². The summed E-state index contributed by atoms with van der Waals surface area (Å²) in [5, 5.41) is 86.1. The van der Waals surface area contributed by atoms with Crippen molar-refractivity contribution in [3.05, 3.63) is 228 Å². The van der Waals surface area contributed by atoms with Crippen molar-refractivity contribution < 1.29 is 63.1 Å². The van der Waals surface area contributed by atoms with Gasteiger partial charge in [-0.15, -0.1) is 37.4 Å². The monoisotopic (exact) mass is 1460 g/mol. The number of anilines is 2. The first-order valence-electron chi connectivity index (χ1n) is 32.4. The molecule has 0 saturated heterocycles. The normalized spacial score (nSPS) is 15.4. The fraction of sp³-hybridized carbons (Fsp3) is 0.224. The van der Waals surface area contributed by atoms with E-state index in [2.05, 4.69) is 80.8 Å². The number of nitrogens with one attached hydrogen (secondary N) is 2. The second-order valence-corrected chi connectivity index (χ2v) is 25.0. The Morgan fingerprint density at radius 2 is 0.854 bits per heavy atom. The van der Waals surface area contributed by atoms with Gasteiger partial charge in [0, 0.05) is 5.71 Å². The number of amides is 1. The number of aromatic amines is 2. The van der Waals surface area contributed by atoms with Crippen molar-refractivity contribution in [3.63, 3.8) is 0 Å². The lowest BCUT2D eigenvalue weighted by Gasteiger charge is -2.14. The van der Waals surface area contributed by atoms with Crippen molar-refractivity contribution in [3.8, 4) is 62.6 Å². The molecule has 3 atom stereocenters. The van der Waals surface area contributed by atoms with Gasteiger partial charge in [-0.1, -0.05) is 64.6 Å². The number of rotatable bonds is 13. The number of phenols is 3. The van der Waals surface area contributed by atoms with Crippen LogP contribution in [-0.2, 0) is 24.1 Å². The van der Waals surface area contributed by atoms with Gasteiger partial charge in [0.15, 0.2) is 22.9 Å². The van der Waals surface area contributed by atoms with Crippen LogP contribution < -0.4 is 21.9 Å². The molecular weight excluding hydrogens is 1390 g/mol. The number of nitrogen functional groups attached to an aromatic ring is 1. The highest BCUT2D eigenvalue weighted by Crippen LogP contribution is 2.43. The second-order valence-electron chi connectivity index (χ2n) is 25.0. The molecule has 530 valence electrons. The molecule has 0 saturated carbocycles. The molecule has 0 bridgehead atoms. The van der Waals surface area contributed by atoms with Crippen LogP contribution >= 0.6 is 17.0 Å².